The third kappa shape index (κ3) is 3.01. The van der Waals surface area contributed by atoms with Crippen LogP contribution in [-0.4, -0.2) is 27.5 Å². The number of carbonyl (C=O) groups excluding carboxylic acids is 1. The Bertz CT molecular complexity index is 1240. The first kappa shape index (κ1) is 18.1. The molecule has 28 heavy (non-hydrogen) atoms. The zero-order valence-electron chi connectivity index (χ0n) is 15.3. The third-order valence-corrected chi connectivity index (χ3v) is 4.93. The lowest BCUT2D eigenvalue weighted by Gasteiger charge is -2.29. The van der Waals surface area contributed by atoms with Crippen LogP contribution in [0.2, 0.25) is 0 Å². The lowest BCUT2D eigenvalue weighted by Crippen LogP contribution is -2.31. The quantitative estimate of drug-likeness (QED) is 0.465. The first-order valence-electron chi connectivity index (χ1n) is 8.85. The van der Waals surface area contributed by atoms with E-state index in [4.69, 9.17) is 17.0 Å². The number of nitrogens with one attached hydrogen (secondary N) is 3. The van der Waals surface area contributed by atoms with Gasteiger partial charge in [-0.25, -0.2) is 4.79 Å². The van der Waals surface area contributed by atoms with Gasteiger partial charge in [-0.05, 0) is 49.8 Å². The molecular formula is C20H18N4O3S. The number of hydrogen-bond acceptors (Lipinski definition) is 6. The number of benzene rings is 1. The van der Waals surface area contributed by atoms with E-state index in [0.29, 0.717) is 22.7 Å². The summed E-state index contributed by atoms with van der Waals surface area (Å²) < 4.78 is 5.49. The lowest BCUT2D eigenvalue weighted by molar-refractivity contribution is -0.138. The highest BCUT2D eigenvalue weighted by atomic mass is 32.1. The Kier molecular flexibility index (Phi) is 4.56. The summed E-state index contributed by atoms with van der Waals surface area (Å²) in [7, 11) is 0. The number of aromatic nitrogens is 3. The second kappa shape index (κ2) is 7.05. The minimum atomic E-state index is -0.601. The fourth-order valence-electron chi connectivity index (χ4n) is 3.57. The molecule has 0 fully saturated rings. The summed E-state index contributed by atoms with van der Waals surface area (Å²) in [5, 5.41) is 4.01. The molecule has 0 saturated heterocycles. The van der Waals surface area contributed by atoms with Gasteiger partial charge in [0.15, 0.2) is 4.77 Å². The smallest absolute Gasteiger partial charge is 0.336 e. The van der Waals surface area contributed by atoms with Crippen molar-refractivity contribution in [3.63, 3.8) is 0 Å². The second-order valence-electron chi connectivity index (χ2n) is 6.47. The van der Waals surface area contributed by atoms with Crippen LogP contribution in [0.25, 0.3) is 10.9 Å². The molecule has 1 aliphatic heterocycles. The van der Waals surface area contributed by atoms with Gasteiger partial charge in [-0.3, -0.25) is 14.8 Å². The molecule has 8 heteroatoms. The Morgan fingerprint density at radius 1 is 1.29 bits per heavy atom. The summed E-state index contributed by atoms with van der Waals surface area (Å²) in [6.07, 6.45) is 1.72. The Labute approximate surface area is 165 Å². The fourth-order valence-corrected chi connectivity index (χ4v) is 3.77. The van der Waals surface area contributed by atoms with Crippen LogP contribution in [0, 0.1) is 4.77 Å². The summed E-state index contributed by atoms with van der Waals surface area (Å²) in [5.74, 6) is -0.581. The monoisotopic (exact) mass is 394 g/mol. The standard InChI is InChI=1S/C20H18N4O3S/c1-3-27-19(26)14-10(2)22-17-16(18(25)24-20(28)23-17)15(14)12-6-7-13-11(9-12)5-4-8-21-13/h4-9,15H,3H2,1-2H3,(H3,22,23,24,25,28)/t15-/m1/s1. The first-order chi connectivity index (χ1) is 13.5. The molecule has 3 N–H and O–H groups in total. The van der Waals surface area contributed by atoms with E-state index < -0.39 is 11.9 Å². The molecule has 4 rings (SSSR count). The van der Waals surface area contributed by atoms with Gasteiger partial charge in [-0.2, -0.15) is 0 Å². The number of nitrogens with zero attached hydrogens (tertiary/aromatic N) is 1. The van der Waals surface area contributed by atoms with Gasteiger partial charge >= 0.3 is 5.97 Å². The number of esters is 1. The molecule has 0 saturated carbocycles. The molecule has 0 bridgehead atoms. The molecule has 0 aliphatic carbocycles. The molecule has 142 valence electrons. The molecule has 0 radical (unpaired) electrons. The van der Waals surface area contributed by atoms with E-state index in [0.717, 1.165) is 16.5 Å². The van der Waals surface area contributed by atoms with Crippen molar-refractivity contribution in [1.82, 2.24) is 15.0 Å². The van der Waals surface area contributed by atoms with Gasteiger partial charge in [0, 0.05) is 17.3 Å². The van der Waals surface area contributed by atoms with Crippen LogP contribution < -0.4 is 10.9 Å². The maximum Gasteiger partial charge on any atom is 0.336 e. The average Bonchev–Trinajstić information content (AvgIpc) is 2.66. The first-order valence-corrected chi connectivity index (χ1v) is 9.26. The van der Waals surface area contributed by atoms with Crippen molar-refractivity contribution in [1.29, 1.82) is 0 Å². The number of anilines is 1. The molecule has 3 heterocycles. The Balaban J connectivity index is 2.00. The van der Waals surface area contributed by atoms with E-state index in [1.165, 1.54) is 0 Å². The van der Waals surface area contributed by atoms with E-state index in [2.05, 4.69) is 20.3 Å². The van der Waals surface area contributed by atoms with Crippen molar-refractivity contribution in [3.05, 3.63) is 74.1 Å². The number of fused-ring (bicyclic) bond motifs is 2. The van der Waals surface area contributed by atoms with Gasteiger partial charge in [0.05, 0.1) is 29.2 Å². The van der Waals surface area contributed by atoms with Crippen LogP contribution in [0.5, 0.6) is 0 Å². The van der Waals surface area contributed by atoms with Crippen LogP contribution >= 0.6 is 12.2 Å². The average molecular weight is 394 g/mol. The highest BCUT2D eigenvalue weighted by Gasteiger charge is 2.35. The molecule has 1 aliphatic rings. The van der Waals surface area contributed by atoms with Crippen LogP contribution in [0.15, 0.2) is 52.6 Å². The van der Waals surface area contributed by atoms with Crippen LogP contribution in [0.3, 0.4) is 0 Å². The normalized spacial score (nSPS) is 15.9. The molecule has 3 aromatic rings. The fraction of sp³-hybridized carbons (Fsp3) is 0.200. The summed E-state index contributed by atoms with van der Waals surface area (Å²) in [6, 6.07) is 9.49. The maximum absolute atomic E-state index is 12.8. The van der Waals surface area contributed by atoms with Crippen LogP contribution in [-0.2, 0) is 9.53 Å². The molecule has 2 aromatic heterocycles. The van der Waals surface area contributed by atoms with E-state index in [1.807, 2.05) is 30.3 Å². The van der Waals surface area contributed by atoms with Crippen molar-refractivity contribution in [2.24, 2.45) is 0 Å². The highest BCUT2D eigenvalue weighted by Crippen LogP contribution is 2.40. The van der Waals surface area contributed by atoms with Gasteiger partial charge in [0.25, 0.3) is 5.56 Å². The number of hydrogen-bond donors (Lipinski definition) is 3. The summed E-state index contributed by atoms with van der Waals surface area (Å²) >= 11 is 5.10. The zero-order chi connectivity index (χ0) is 19.8. The summed E-state index contributed by atoms with van der Waals surface area (Å²) in [6.45, 7) is 3.77. The van der Waals surface area contributed by atoms with Crippen molar-refractivity contribution >= 4 is 34.9 Å². The maximum atomic E-state index is 12.8. The molecule has 0 unspecified atom stereocenters. The number of ether oxygens (including phenoxy) is 1. The SMILES string of the molecule is CCOC(=O)C1=C(C)Nc2[nH]c(=S)[nH]c(=O)c2[C@@H]1c1ccc2ncccc2c1. The predicted octanol–water partition coefficient (Wildman–Crippen LogP) is 3.38. The Hall–Kier alpha value is -3.26. The molecule has 1 atom stereocenters. The highest BCUT2D eigenvalue weighted by molar-refractivity contribution is 7.71. The van der Waals surface area contributed by atoms with Crippen LogP contribution in [0.1, 0.15) is 30.9 Å². The predicted molar refractivity (Wildman–Crippen MR) is 109 cm³/mol. The van der Waals surface area contributed by atoms with Crippen molar-refractivity contribution in [3.8, 4) is 0 Å². The van der Waals surface area contributed by atoms with E-state index in [-0.39, 0.29) is 16.9 Å². The molecule has 0 amide bonds. The number of carbonyl (C=O) groups is 1. The van der Waals surface area contributed by atoms with Crippen LogP contribution in [0.4, 0.5) is 5.82 Å². The number of H-pyrrole nitrogens is 2. The van der Waals surface area contributed by atoms with Gasteiger partial charge in [0.2, 0.25) is 0 Å². The topological polar surface area (TPSA) is 99.9 Å². The zero-order valence-corrected chi connectivity index (χ0v) is 16.1. The van der Waals surface area contributed by atoms with Crippen molar-refractivity contribution in [2.45, 2.75) is 19.8 Å². The van der Waals surface area contributed by atoms with Gasteiger partial charge in [0.1, 0.15) is 5.82 Å². The number of aromatic amines is 2. The molecular weight excluding hydrogens is 376 g/mol. The van der Waals surface area contributed by atoms with Crippen molar-refractivity contribution < 1.29 is 9.53 Å². The molecule has 1 aromatic carbocycles. The van der Waals surface area contributed by atoms with E-state index in [9.17, 15) is 9.59 Å². The van der Waals surface area contributed by atoms with Crippen molar-refractivity contribution in [2.75, 3.05) is 11.9 Å². The van der Waals surface area contributed by atoms with Gasteiger partial charge in [-0.1, -0.05) is 12.1 Å². The Morgan fingerprint density at radius 2 is 2.11 bits per heavy atom. The molecule has 7 nitrogen and oxygen atoms in total. The van der Waals surface area contributed by atoms with E-state index >= 15 is 0 Å². The summed E-state index contributed by atoms with van der Waals surface area (Å²) in [4.78, 5) is 35.5. The largest absolute Gasteiger partial charge is 0.463 e. The summed E-state index contributed by atoms with van der Waals surface area (Å²) in [5.41, 5.74) is 2.68. The number of pyridine rings is 1. The number of rotatable bonds is 3. The Morgan fingerprint density at radius 3 is 2.89 bits per heavy atom. The van der Waals surface area contributed by atoms with E-state index in [1.54, 1.807) is 20.0 Å². The third-order valence-electron chi connectivity index (χ3n) is 4.73. The molecule has 0 spiro atoms. The van der Waals surface area contributed by atoms with Gasteiger partial charge in [-0.15, -0.1) is 0 Å². The lowest BCUT2D eigenvalue weighted by atomic mass is 9.82. The minimum Gasteiger partial charge on any atom is -0.463 e. The number of allylic oxidation sites excluding steroid dienone is 1. The second-order valence-corrected chi connectivity index (χ2v) is 6.88. The van der Waals surface area contributed by atoms with Gasteiger partial charge < -0.3 is 15.0 Å². The minimum absolute atomic E-state index is 0.213.